The number of benzene rings is 1. The number of aromatic hydroxyl groups is 1. The van der Waals surface area contributed by atoms with Crippen molar-refractivity contribution in [1.82, 2.24) is 34.8 Å². The number of nitrogens with zero attached hydrogens (tertiary/aromatic N) is 9. The van der Waals surface area contributed by atoms with Crippen LogP contribution in [0.2, 0.25) is 0 Å². The first-order valence-corrected chi connectivity index (χ1v) is 18.3. The van der Waals surface area contributed by atoms with E-state index in [1.807, 2.05) is 17.0 Å². The number of rotatable bonds is 20. The van der Waals surface area contributed by atoms with Crippen molar-refractivity contribution in [3.63, 3.8) is 0 Å². The predicted octanol–water partition coefficient (Wildman–Crippen LogP) is -1.72. The van der Waals surface area contributed by atoms with Crippen molar-refractivity contribution in [1.29, 1.82) is 0 Å². The summed E-state index contributed by atoms with van der Waals surface area (Å²) in [6.07, 6.45) is 8.27. The van der Waals surface area contributed by atoms with E-state index in [0.29, 0.717) is 122 Å². The van der Waals surface area contributed by atoms with Crippen LogP contribution in [0.4, 0.5) is 17.8 Å². The van der Waals surface area contributed by atoms with Gasteiger partial charge in [0.2, 0.25) is 23.8 Å². The molecule has 0 bridgehead atoms. The molecule has 2 aliphatic rings. The number of terminal acetylenes is 1. The van der Waals surface area contributed by atoms with Crippen LogP contribution in [-0.2, 0) is 30.2 Å². The summed E-state index contributed by atoms with van der Waals surface area (Å²) >= 11 is 0. The number of carbonyl (C=O) groups is 1. The molecule has 3 atom stereocenters. The van der Waals surface area contributed by atoms with Gasteiger partial charge in [0.25, 0.3) is 0 Å². The van der Waals surface area contributed by atoms with E-state index in [0.717, 1.165) is 12.0 Å². The molecule has 2 fully saturated rings. The number of nitrogens with one attached hydrogen (secondary N) is 1. The Bertz CT molecular complexity index is 1600. The summed E-state index contributed by atoms with van der Waals surface area (Å²) in [5, 5.41) is 21.6. The smallest absolute Gasteiger partial charge is 0.247 e. The first-order chi connectivity index (χ1) is 25.9. The van der Waals surface area contributed by atoms with Crippen molar-refractivity contribution in [2.75, 3.05) is 114 Å². The fourth-order valence-electron chi connectivity index (χ4n) is 6.03. The van der Waals surface area contributed by atoms with Gasteiger partial charge in [-0.25, -0.2) is 4.68 Å². The average molecular weight is 771 g/mol. The lowest BCUT2D eigenvalue weighted by Crippen LogP contribution is -3.00. The SMILES string of the molecule is C#CCOCCOCCOCCNc1nc(N2CCOCC2)nc(N2CCN(C(=O)C(C(C)CC)n3cc(C(N)Cc4ccc(O)cc4)nn3)CC2)n1.[Cl-]. The van der Waals surface area contributed by atoms with Gasteiger partial charge in [-0.3, -0.25) is 4.79 Å². The maximum absolute atomic E-state index is 14.1. The minimum atomic E-state index is -0.517. The highest BCUT2D eigenvalue weighted by molar-refractivity contribution is 5.81. The van der Waals surface area contributed by atoms with Gasteiger partial charge in [-0.05, 0) is 30.0 Å². The molecule has 2 aliphatic heterocycles. The van der Waals surface area contributed by atoms with Crippen LogP contribution in [0, 0.1) is 18.3 Å². The standard InChI is InChI=1S/C36H53N11O6.ClH/c1-4-17-50-21-23-53-24-22-51-18-10-38-34-39-35(41-36(40-34)46-15-19-52-20-16-46)45-13-11-44(12-14-45)33(49)32(27(3)5-2)47-26-31(42-43-47)30(37)25-28-6-8-29(48)9-7-28;/h1,6-9,26-27,30,32,48H,5,10-25,37H2,2-3H3,(H,38,39,40,41);1H/p-1. The van der Waals surface area contributed by atoms with Crippen molar-refractivity contribution in [3.05, 3.63) is 41.7 Å². The first-order valence-electron chi connectivity index (χ1n) is 18.3. The molecule has 0 aliphatic carbocycles. The number of piperazine rings is 1. The number of phenolic OH excluding ortho intramolecular Hbond substituents is 1. The summed E-state index contributed by atoms with van der Waals surface area (Å²) in [6.45, 7) is 11.9. The summed E-state index contributed by atoms with van der Waals surface area (Å²) in [6, 6.07) is 6.01. The Morgan fingerprint density at radius 2 is 1.59 bits per heavy atom. The van der Waals surface area contributed by atoms with Crippen LogP contribution in [-0.4, -0.2) is 145 Å². The normalized spacial score (nSPS) is 16.3. The van der Waals surface area contributed by atoms with Crippen LogP contribution in [0.3, 0.4) is 0 Å². The second kappa shape index (κ2) is 22.2. The topological polar surface area (TPSA) is 191 Å². The van der Waals surface area contributed by atoms with E-state index >= 15 is 0 Å². The van der Waals surface area contributed by atoms with Gasteiger partial charge in [0.05, 0.1) is 64.2 Å². The van der Waals surface area contributed by atoms with Crippen molar-refractivity contribution in [2.45, 2.75) is 38.8 Å². The van der Waals surface area contributed by atoms with E-state index in [1.165, 1.54) is 0 Å². The zero-order valence-electron chi connectivity index (χ0n) is 31.2. The van der Waals surface area contributed by atoms with Crippen LogP contribution in [0.25, 0.3) is 0 Å². The van der Waals surface area contributed by atoms with Gasteiger partial charge in [0.1, 0.15) is 18.4 Å². The molecule has 4 heterocycles. The van der Waals surface area contributed by atoms with Gasteiger partial charge >= 0.3 is 0 Å². The quantitative estimate of drug-likeness (QED) is 0.0869. The van der Waals surface area contributed by atoms with Crippen molar-refractivity contribution < 1.29 is 41.3 Å². The van der Waals surface area contributed by atoms with Gasteiger partial charge in [-0.15, -0.1) is 11.5 Å². The predicted molar refractivity (Wildman–Crippen MR) is 199 cm³/mol. The largest absolute Gasteiger partial charge is 1.00 e. The molecule has 0 spiro atoms. The molecule has 2 saturated heterocycles. The Morgan fingerprint density at radius 1 is 0.963 bits per heavy atom. The molecular weight excluding hydrogens is 718 g/mol. The zero-order valence-corrected chi connectivity index (χ0v) is 31.9. The third kappa shape index (κ3) is 12.4. The van der Waals surface area contributed by atoms with E-state index in [2.05, 4.69) is 45.2 Å². The van der Waals surface area contributed by atoms with Gasteiger partial charge in [-0.1, -0.05) is 43.5 Å². The minimum absolute atomic E-state index is 0. The molecule has 1 amide bonds. The average Bonchev–Trinajstić information content (AvgIpc) is 3.68. The molecule has 17 nitrogen and oxygen atoms in total. The molecule has 2 aromatic heterocycles. The molecule has 4 N–H and O–H groups in total. The Hall–Kier alpha value is -4.31. The molecule has 5 rings (SSSR count). The Labute approximate surface area is 323 Å². The lowest BCUT2D eigenvalue weighted by molar-refractivity contribution is -0.137. The minimum Gasteiger partial charge on any atom is -1.00 e. The second-order valence-corrected chi connectivity index (χ2v) is 13.0. The van der Waals surface area contributed by atoms with Gasteiger partial charge in [-0.2, -0.15) is 15.0 Å². The summed E-state index contributed by atoms with van der Waals surface area (Å²) in [5.74, 6) is 4.24. The van der Waals surface area contributed by atoms with Crippen LogP contribution in [0.1, 0.15) is 43.6 Å². The fourth-order valence-corrected chi connectivity index (χ4v) is 6.03. The number of morpholine rings is 1. The van der Waals surface area contributed by atoms with Crippen LogP contribution in [0.15, 0.2) is 30.5 Å². The van der Waals surface area contributed by atoms with E-state index in [9.17, 15) is 9.90 Å². The molecule has 0 radical (unpaired) electrons. The van der Waals surface area contributed by atoms with Crippen LogP contribution in [0.5, 0.6) is 5.75 Å². The summed E-state index contributed by atoms with van der Waals surface area (Å²) in [7, 11) is 0. The van der Waals surface area contributed by atoms with E-state index in [4.69, 9.17) is 46.1 Å². The number of nitrogens with two attached hydrogens (primary N) is 1. The first kappa shape index (κ1) is 42.4. The lowest BCUT2D eigenvalue weighted by atomic mass is 9.97. The number of aromatic nitrogens is 6. The Balaban J connectivity index is 0.00000650. The van der Waals surface area contributed by atoms with Gasteiger partial charge in [0.15, 0.2) is 0 Å². The highest BCUT2D eigenvalue weighted by Crippen LogP contribution is 2.26. The second-order valence-electron chi connectivity index (χ2n) is 13.0. The maximum Gasteiger partial charge on any atom is 0.247 e. The zero-order chi connectivity index (χ0) is 37.4. The van der Waals surface area contributed by atoms with Gasteiger partial charge < -0.3 is 62.2 Å². The van der Waals surface area contributed by atoms with E-state index in [-0.39, 0.29) is 36.6 Å². The third-order valence-corrected chi connectivity index (χ3v) is 9.26. The van der Waals surface area contributed by atoms with E-state index < -0.39 is 12.1 Å². The number of halogens is 1. The molecule has 296 valence electrons. The number of hydrogen-bond acceptors (Lipinski definition) is 15. The van der Waals surface area contributed by atoms with Crippen molar-refractivity contribution in [3.8, 4) is 18.1 Å². The summed E-state index contributed by atoms with van der Waals surface area (Å²) in [5.41, 5.74) is 8.07. The summed E-state index contributed by atoms with van der Waals surface area (Å²) in [4.78, 5) is 34.5. The summed E-state index contributed by atoms with van der Waals surface area (Å²) < 4.78 is 23.6. The lowest BCUT2D eigenvalue weighted by Gasteiger charge is -2.37. The highest BCUT2D eigenvalue weighted by atomic mass is 35.5. The molecule has 18 heteroatoms. The number of anilines is 3. The Kier molecular flexibility index (Phi) is 17.4. The fraction of sp³-hybridized carbons (Fsp3) is 0.611. The molecule has 0 saturated carbocycles. The van der Waals surface area contributed by atoms with Crippen molar-refractivity contribution >= 4 is 23.8 Å². The molecular formula is C36H53ClN11O6-. The van der Waals surface area contributed by atoms with Crippen molar-refractivity contribution in [2.24, 2.45) is 11.7 Å². The number of ether oxygens (including phenoxy) is 4. The van der Waals surface area contributed by atoms with E-state index in [1.54, 1.807) is 23.0 Å². The van der Waals surface area contributed by atoms with Crippen LogP contribution < -0.4 is 33.3 Å². The monoisotopic (exact) mass is 770 g/mol. The third-order valence-electron chi connectivity index (χ3n) is 9.26. The number of carbonyl (C=O) groups excluding carboxylic acids is 1. The molecule has 3 unspecified atom stereocenters. The maximum atomic E-state index is 14.1. The Morgan fingerprint density at radius 3 is 2.24 bits per heavy atom. The van der Waals surface area contributed by atoms with Gasteiger partial charge in [0, 0.05) is 45.8 Å². The van der Waals surface area contributed by atoms with Crippen LogP contribution >= 0.6 is 0 Å². The number of hydrogen-bond donors (Lipinski definition) is 3. The highest BCUT2D eigenvalue weighted by Gasteiger charge is 2.34. The number of phenols is 1. The molecule has 1 aromatic carbocycles. The number of amides is 1. The molecule has 54 heavy (non-hydrogen) atoms. The molecule has 3 aromatic rings.